The van der Waals surface area contributed by atoms with E-state index in [1.165, 1.54) is 10.9 Å². The minimum atomic E-state index is -1.22. The third-order valence-electron chi connectivity index (χ3n) is 5.78. The smallest absolute Gasteiger partial charge is 0.407 e. The molecule has 0 aliphatic heterocycles. The van der Waals surface area contributed by atoms with Crippen molar-refractivity contribution in [2.75, 3.05) is 18.5 Å². The molecule has 0 bridgehead atoms. The molecule has 0 fully saturated rings. The fourth-order valence-electron chi connectivity index (χ4n) is 4.23. The molecular formula is C25H26N4O5. The minimum Gasteiger partial charge on any atom is -0.476 e. The number of carboxylic acid groups (broad SMARTS) is 1. The lowest BCUT2D eigenvalue weighted by Gasteiger charge is -2.16. The third-order valence-corrected chi connectivity index (χ3v) is 5.78. The Kier molecular flexibility index (Phi) is 6.62. The van der Waals surface area contributed by atoms with E-state index < -0.39 is 12.1 Å². The fourth-order valence-corrected chi connectivity index (χ4v) is 4.23. The molecule has 3 N–H and O–H groups in total. The van der Waals surface area contributed by atoms with Gasteiger partial charge in [0.1, 0.15) is 6.61 Å². The number of hydrogen-bond acceptors (Lipinski definition) is 5. The summed E-state index contributed by atoms with van der Waals surface area (Å²) in [6, 6.07) is 16.2. The minimum absolute atomic E-state index is 0.0238. The summed E-state index contributed by atoms with van der Waals surface area (Å²) in [5, 5.41) is 18.3. The van der Waals surface area contributed by atoms with Gasteiger partial charge in [0.25, 0.3) is 0 Å². The van der Waals surface area contributed by atoms with Gasteiger partial charge >= 0.3 is 12.1 Å². The highest BCUT2D eigenvalue weighted by atomic mass is 16.5. The average molecular weight is 463 g/mol. The molecule has 4 rings (SSSR count). The van der Waals surface area contributed by atoms with Gasteiger partial charge in [0, 0.05) is 32.1 Å². The number of carbonyl (C=O) groups is 3. The zero-order valence-electron chi connectivity index (χ0n) is 18.9. The first kappa shape index (κ1) is 23.0. The van der Waals surface area contributed by atoms with E-state index in [1.54, 1.807) is 7.05 Å². The Hall–Kier alpha value is -4.14. The maximum atomic E-state index is 12.3. The van der Waals surface area contributed by atoms with Crippen molar-refractivity contribution in [3.63, 3.8) is 0 Å². The lowest BCUT2D eigenvalue weighted by Crippen LogP contribution is -2.31. The molecule has 0 radical (unpaired) electrons. The molecule has 2 amide bonds. The van der Waals surface area contributed by atoms with Crippen LogP contribution < -0.4 is 10.6 Å². The van der Waals surface area contributed by atoms with Crippen molar-refractivity contribution in [2.45, 2.75) is 19.3 Å². The van der Waals surface area contributed by atoms with Crippen LogP contribution in [0.2, 0.25) is 0 Å². The molecule has 9 nitrogen and oxygen atoms in total. The van der Waals surface area contributed by atoms with E-state index in [0.717, 1.165) is 22.3 Å². The molecule has 9 heteroatoms. The summed E-state index contributed by atoms with van der Waals surface area (Å²) in [6.45, 7) is 2.27. The number of aromatic nitrogens is 2. The van der Waals surface area contributed by atoms with Crippen LogP contribution in [0.3, 0.4) is 0 Å². The number of carbonyl (C=O) groups excluding carboxylic acids is 2. The van der Waals surface area contributed by atoms with Crippen molar-refractivity contribution in [1.82, 2.24) is 15.1 Å². The number of ether oxygens (including phenoxy) is 1. The van der Waals surface area contributed by atoms with E-state index >= 15 is 0 Å². The second-order valence-electron chi connectivity index (χ2n) is 8.43. The molecule has 1 unspecified atom stereocenters. The number of aromatic carboxylic acids is 1. The molecule has 1 aromatic heterocycles. The van der Waals surface area contributed by atoms with Gasteiger partial charge in [-0.25, -0.2) is 9.59 Å². The second kappa shape index (κ2) is 9.78. The predicted molar refractivity (Wildman–Crippen MR) is 126 cm³/mol. The summed E-state index contributed by atoms with van der Waals surface area (Å²) in [6.07, 6.45) is 0.980. The van der Waals surface area contributed by atoms with Gasteiger partial charge in [0.15, 0.2) is 5.69 Å². The van der Waals surface area contributed by atoms with E-state index in [4.69, 9.17) is 9.84 Å². The molecular weight excluding hydrogens is 436 g/mol. The van der Waals surface area contributed by atoms with Crippen molar-refractivity contribution in [3.05, 3.63) is 71.5 Å². The number of fused-ring (bicyclic) bond motifs is 3. The van der Waals surface area contributed by atoms with Gasteiger partial charge in [0.05, 0.1) is 5.69 Å². The Labute approximate surface area is 196 Å². The normalized spacial score (nSPS) is 13.0. The van der Waals surface area contributed by atoms with Crippen molar-refractivity contribution in [1.29, 1.82) is 0 Å². The van der Waals surface area contributed by atoms with E-state index in [9.17, 15) is 14.4 Å². The standard InChI is InChI=1S/C25H26N4O5/c1-15(11-22(30)27-21-13-29(2)28-23(21)24(31)32)12-26-25(33)34-14-20-18-9-5-3-7-16(18)17-8-4-6-10-19(17)20/h3-10,13,15,20H,11-12,14H2,1-2H3,(H,26,33)(H,27,30)(H,31,32). The summed E-state index contributed by atoms with van der Waals surface area (Å²) >= 11 is 0. The maximum absolute atomic E-state index is 12.3. The SMILES string of the molecule is CC(CNC(=O)OCC1c2ccccc2-c2ccccc21)CC(=O)Nc1cn(C)nc1C(=O)O. The molecule has 1 heterocycles. The Morgan fingerprint density at radius 1 is 1.09 bits per heavy atom. The van der Waals surface area contributed by atoms with Crippen LogP contribution in [0.4, 0.5) is 10.5 Å². The highest BCUT2D eigenvalue weighted by Crippen LogP contribution is 2.44. The van der Waals surface area contributed by atoms with E-state index in [2.05, 4.69) is 40.0 Å². The number of rotatable bonds is 8. The largest absolute Gasteiger partial charge is 0.476 e. The Morgan fingerprint density at radius 3 is 2.32 bits per heavy atom. The van der Waals surface area contributed by atoms with Crippen LogP contribution in [-0.4, -0.2) is 46.0 Å². The van der Waals surface area contributed by atoms with Gasteiger partial charge in [0.2, 0.25) is 5.91 Å². The van der Waals surface area contributed by atoms with Gasteiger partial charge in [-0.05, 0) is 28.2 Å². The zero-order valence-corrected chi connectivity index (χ0v) is 18.9. The number of anilines is 1. The van der Waals surface area contributed by atoms with Gasteiger partial charge in [-0.3, -0.25) is 9.48 Å². The second-order valence-corrected chi connectivity index (χ2v) is 8.43. The Bertz CT molecular complexity index is 1190. The first-order valence-electron chi connectivity index (χ1n) is 11.0. The summed E-state index contributed by atoms with van der Waals surface area (Å²) in [7, 11) is 1.57. The average Bonchev–Trinajstić information content (AvgIpc) is 3.33. The topological polar surface area (TPSA) is 123 Å². The summed E-state index contributed by atoms with van der Waals surface area (Å²) in [5.74, 6) is -1.80. The Morgan fingerprint density at radius 2 is 1.71 bits per heavy atom. The lowest BCUT2D eigenvalue weighted by molar-refractivity contribution is -0.116. The number of hydrogen-bond donors (Lipinski definition) is 3. The Balaban J connectivity index is 1.26. The monoisotopic (exact) mass is 462 g/mol. The molecule has 3 aromatic rings. The molecule has 176 valence electrons. The van der Waals surface area contributed by atoms with Crippen LogP contribution in [0.25, 0.3) is 11.1 Å². The van der Waals surface area contributed by atoms with E-state index in [0.29, 0.717) is 0 Å². The number of alkyl carbamates (subject to hydrolysis) is 1. The third kappa shape index (κ3) is 4.93. The lowest BCUT2D eigenvalue weighted by atomic mass is 9.98. The number of nitrogens with one attached hydrogen (secondary N) is 2. The molecule has 0 saturated heterocycles. The quantitative estimate of drug-likeness (QED) is 0.470. The molecule has 2 aromatic carbocycles. The molecule has 1 aliphatic rings. The molecule has 0 saturated carbocycles. The van der Waals surface area contributed by atoms with Gasteiger partial charge in [-0.15, -0.1) is 0 Å². The number of benzene rings is 2. The van der Waals surface area contributed by atoms with Gasteiger partial charge in [-0.2, -0.15) is 5.10 Å². The van der Waals surface area contributed by atoms with Crippen LogP contribution in [0.5, 0.6) is 0 Å². The van der Waals surface area contributed by atoms with Crippen LogP contribution >= 0.6 is 0 Å². The highest BCUT2D eigenvalue weighted by Gasteiger charge is 2.29. The van der Waals surface area contributed by atoms with Crippen molar-refractivity contribution in [2.24, 2.45) is 13.0 Å². The summed E-state index contributed by atoms with van der Waals surface area (Å²) in [5.41, 5.74) is 4.50. The highest BCUT2D eigenvalue weighted by molar-refractivity contribution is 5.99. The van der Waals surface area contributed by atoms with Gasteiger partial charge < -0.3 is 20.5 Å². The van der Waals surface area contributed by atoms with Crippen LogP contribution in [-0.2, 0) is 16.6 Å². The summed E-state index contributed by atoms with van der Waals surface area (Å²) in [4.78, 5) is 35.8. The van der Waals surface area contributed by atoms with E-state index in [-0.39, 0.29) is 48.7 Å². The summed E-state index contributed by atoms with van der Waals surface area (Å²) < 4.78 is 6.83. The number of aryl methyl sites for hydroxylation is 1. The van der Waals surface area contributed by atoms with Crippen molar-refractivity contribution < 1.29 is 24.2 Å². The van der Waals surface area contributed by atoms with Gasteiger partial charge in [-0.1, -0.05) is 55.5 Å². The predicted octanol–water partition coefficient (Wildman–Crippen LogP) is 3.62. The first-order chi connectivity index (χ1) is 16.3. The molecule has 0 spiro atoms. The fraction of sp³-hybridized carbons (Fsp3) is 0.280. The maximum Gasteiger partial charge on any atom is 0.407 e. The first-order valence-corrected chi connectivity index (χ1v) is 11.0. The molecule has 1 atom stereocenters. The number of carboxylic acids is 1. The van der Waals surface area contributed by atoms with Crippen molar-refractivity contribution in [3.8, 4) is 11.1 Å². The molecule has 34 heavy (non-hydrogen) atoms. The van der Waals surface area contributed by atoms with Crippen LogP contribution in [0.1, 0.15) is 40.9 Å². The van der Waals surface area contributed by atoms with Crippen LogP contribution in [0, 0.1) is 5.92 Å². The van der Waals surface area contributed by atoms with Crippen LogP contribution in [0.15, 0.2) is 54.7 Å². The zero-order chi connectivity index (χ0) is 24.2. The molecule has 1 aliphatic carbocycles. The van der Waals surface area contributed by atoms with Crippen molar-refractivity contribution >= 4 is 23.7 Å². The van der Waals surface area contributed by atoms with E-state index in [1.807, 2.05) is 31.2 Å². The number of nitrogens with zero attached hydrogens (tertiary/aromatic N) is 2. The number of amides is 2.